The molecule has 1 N–H and O–H groups in total. The zero-order valence-corrected chi connectivity index (χ0v) is 12.1. The van der Waals surface area contributed by atoms with Crippen LogP contribution in [0.2, 0.25) is 0 Å². The third-order valence-corrected chi connectivity index (χ3v) is 4.17. The van der Waals surface area contributed by atoms with E-state index in [2.05, 4.69) is 40.8 Å². The minimum Gasteiger partial charge on any atom is -0.396 e. The number of pyridine rings is 1. The van der Waals surface area contributed by atoms with Crippen molar-refractivity contribution in [1.82, 2.24) is 14.3 Å². The summed E-state index contributed by atoms with van der Waals surface area (Å²) in [5, 5.41) is 9.08. The zero-order valence-electron chi connectivity index (χ0n) is 12.1. The molecule has 108 valence electrons. The molecule has 20 heavy (non-hydrogen) atoms. The van der Waals surface area contributed by atoms with E-state index in [1.807, 2.05) is 0 Å². The van der Waals surface area contributed by atoms with E-state index >= 15 is 0 Å². The number of aliphatic hydroxyl groups excluding tert-OH is 1. The van der Waals surface area contributed by atoms with Gasteiger partial charge in [0.2, 0.25) is 0 Å². The minimum atomic E-state index is 0.312. The van der Waals surface area contributed by atoms with Crippen LogP contribution in [0.3, 0.4) is 0 Å². The van der Waals surface area contributed by atoms with Crippen LogP contribution in [0, 0.1) is 12.8 Å². The maximum atomic E-state index is 9.08. The maximum Gasteiger partial charge on any atom is 0.137 e. The molecule has 0 aliphatic carbocycles. The molecule has 3 rings (SSSR count). The number of nitrogens with zero attached hydrogens (tertiary/aromatic N) is 3. The van der Waals surface area contributed by atoms with Crippen molar-refractivity contribution in [3.05, 3.63) is 35.8 Å². The molecule has 1 aliphatic rings. The van der Waals surface area contributed by atoms with Crippen LogP contribution >= 0.6 is 0 Å². The molecule has 1 unspecified atom stereocenters. The maximum absolute atomic E-state index is 9.08. The van der Waals surface area contributed by atoms with Gasteiger partial charge in [0, 0.05) is 32.1 Å². The third-order valence-electron chi connectivity index (χ3n) is 4.17. The Kier molecular flexibility index (Phi) is 4.03. The molecule has 0 bridgehead atoms. The molecule has 2 aromatic rings. The van der Waals surface area contributed by atoms with Gasteiger partial charge >= 0.3 is 0 Å². The number of fused-ring (bicyclic) bond motifs is 1. The summed E-state index contributed by atoms with van der Waals surface area (Å²) in [6.45, 7) is 5.57. The van der Waals surface area contributed by atoms with Gasteiger partial charge in [-0.3, -0.25) is 4.90 Å². The first-order valence-electron chi connectivity index (χ1n) is 7.52. The number of aromatic nitrogens is 2. The molecule has 0 amide bonds. The van der Waals surface area contributed by atoms with Gasteiger partial charge in [-0.25, -0.2) is 4.98 Å². The number of likely N-dealkylation sites (tertiary alicyclic amines) is 1. The van der Waals surface area contributed by atoms with Crippen molar-refractivity contribution in [2.75, 3.05) is 19.7 Å². The summed E-state index contributed by atoms with van der Waals surface area (Å²) in [5.74, 6) is 0.646. The van der Waals surface area contributed by atoms with Gasteiger partial charge in [0.1, 0.15) is 5.65 Å². The Morgan fingerprint density at radius 2 is 2.25 bits per heavy atom. The average molecular weight is 273 g/mol. The Morgan fingerprint density at radius 1 is 1.35 bits per heavy atom. The highest BCUT2D eigenvalue weighted by Gasteiger charge is 2.20. The van der Waals surface area contributed by atoms with Crippen LogP contribution in [0.1, 0.15) is 30.5 Å². The summed E-state index contributed by atoms with van der Waals surface area (Å²) >= 11 is 0. The smallest absolute Gasteiger partial charge is 0.137 e. The van der Waals surface area contributed by atoms with E-state index in [0.717, 1.165) is 37.4 Å². The van der Waals surface area contributed by atoms with Gasteiger partial charge in [0.05, 0.1) is 5.69 Å². The van der Waals surface area contributed by atoms with Crippen LogP contribution < -0.4 is 0 Å². The first-order chi connectivity index (χ1) is 9.74. The Balaban J connectivity index is 1.69. The minimum absolute atomic E-state index is 0.312. The monoisotopic (exact) mass is 273 g/mol. The lowest BCUT2D eigenvalue weighted by molar-refractivity contribution is 0.141. The number of aryl methyl sites for hydroxylation is 1. The van der Waals surface area contributed by atoms with Gasteiger partial charge in [-0.2, -0.15) is 0 Å². The topological polar surface area (TPSA) is 40.8 Å². The van der Waals surface area contributed by atoms with E-state index < -0.39 is 0 Å². The highest BCUT2D eigenvalue weighted by Crippen LogP contribution is 2.21. The number of piperidine rings is 1. The molecular weight excluding hydrogens is 250 g/mol. The van der Waals surface area contributed by atoms with Crippen molar-refractivity contribution < 1.29 is 5.11 Å². The van der Waals surface area contributed by atoms with Crippen LogP contribution in [-0.2, 0) is 6.54 Å². The lowest BCUT2D eigenvalue weighted by atomic mass is 9.95. The lowest BCUT2D eigenvalue weighted by Crippen LogP contribution is -2.35. The predicted molar refractivity (Wildman–Crippen MR) is 79.6 cm³/mol. The summed E-state index contributed by atoms with van der Waals surface area (Å²) in [6.07, 6.45) is 7.67. The van der Waals surface area contributed by atoms with Crippen LogP contribution in [-0.4, -0.2) is 39.1 Å². The molecule has 4 heteroatoms. The number of imidazole rings is 1. The zero-order chi connectivity index (χ0) is 13.9. The second-order valence-corrected chi connectivity index (χ2v) is 5.96. The van der Waals surface area contributed by atoms with E-state index in [4.69, 9.17) is 10.1 Å². The first kappa shape index (κ1) is 13.6. The molecule has 1 atom stereocenters. The fraction of sp³-hybridized carbons (Fsp3) is 0.562. The van der Waals surface area contributed by atoms with Crippen molar-refractivity contribution in [2.24, 2.45) is 5.92 Å². The lowest BCUT2D eigenvalue weighted by Gasteiger charge is -2.31. The van der Waals surface area contributed by atoms with Crippen molar-refractivity contribution in [1.29, 1.82) is 0 Å². The SMILES string of the molecule is Cc1ccc2nc(CN3CCCC(CCO)C3)cn2c1. The van der Waals surface area contributed by atoms with Crippen molar-refractivity contribution in [3.8, 4) is 0 Å². The molecule has 0 spiro atoms. The number of hydrogen-bond donors (Lipinski definition) is 1. The van der Waals surface area contributed by atoms with Crippen LogP contribution in [0.25, 0.3) is 5.65 Å². The second kappa shape index (κ2) is 5.94. The first-order valence-corrected chi connectivity index (χ1v) is 7.52. The van der Waals surface area contributed by atoms with Gasteiger partial charge < -0.3 is 9.51 Å². The van der Waals surface area contributed by atoms with E-state index in [9.17, 15) is 0 Å². The molecule has 0 radical (unpaired) electrons. The highest BCUT2D eigenvalue weighted by molar-refractivity contribution is 5.41. The van der Waals surface area contributed by atoms with Gasteiger partial charge in [-0.1, -0.05) is 6.07 Å². The normalized spacial score (nSPS) is 20.6. The highest BCUT2D eigenvalue weighted by atomic mass is 16.3. The van der Waals surface area contributed by atoms with E-state index in [-0.39, 0.29) is 0 Å². The Bertz CT molecular complexity index is 576. The third kappa shape index (κ3) is 3.02. The van der Waals surface area contributed by atoms with E-state index in [0.29, 0.717) is 12.5 Å². The Labute approximate surface area is 120 Å². The fourth-order valence-corrected chi connectivity index (χ4v) is 3.17. The van der Waals surface area contributed by atoms with E-state index in [1.165, 1.54) is 18.4 Å². The summed E-state index contributed by atoms with van der Waals surface area (Å²) in [5.41, 5.74) is 3.41. The van der Waals surface area contributed by atoms with Crippen molar-refractivity contribution >= 4 is 5.65 Å². The molecule has 4 nitrogen and oxygen atoms in total. The summed E-state index contributed by atoms with van der Waals surface area (Å²) < 4.78 is 2.11. The molecular formula is C16H23N3O. The van der Waals surface area contributed by atoms with Crippen molar-refractivity contribution in [3.63, 3.8) is 0 Å². The average Bonchev–Trinajstić information content (AvgIpc) is 2.81. The van der Waals surface area contributed by atoms with Crippen LogP contribution in [0.15, 0.2) is 24.5 Å². The molecule has 1 fully saturated rings. The molecule has 0 saturated carbocycles. The van der Waals surface area contributed by atoms with Gasteiger partial charge in [0.25, 0.3) is 0 Å². The van der Waals surface area contributed by atoms with Crippen molar-refractivity contribution in [2.45, 2.75) is 32.7 Å². The molecule has 0 aromatic carbocycles. The summed E-state index contributed by atoms with van der Waals surface area (Å²) in [7, 11) is 0. The fourth-order valence-electron chi connectivity index (χ4n) is 3.17. The molecule has 3 heterocycles. The number of hydrogen-bond acceptors (Lipinski definition) is 3. The van der Waals surface area contributed by atoms with Gasteiger partial charge in [-0.05, 0) is 50.3 Å². The van der Waals surface area contributed by atoms with Crippen LogP contribution in [0.4, 0.5) is 0 Å². The van der Waals surface area contributed by atoms with Crippen LogP contribution in [0.5, 0.6) is 0 Å². The largest absolute Gasteiger partial charge is 0.396 e. The number of rotatable bonds is 4. The molecule has 1 aliphatic heterocycles. The Hall–Kier alpha value is -1.39. The molecule has 2 aromatic heterocycles. The molecule has 1 saturated heterocycles. The predicted octanol–water partition coefficient (Wildman–Crippen LogP) is 2.24. The standard InChI is InChI=1S/C16H23N3O/c1-13-4-5-16-17-15(12-19(16)9-13)11-18-7-2-3-14(10-18)6-8-20/h4-5,9,12,14,20H,2-3,6-8,10-11H2,1H3. The van der Waals surface area contributed by atoms with Gasteiger partial charge in [-0.15, -0.1) is 0 Å². The summed E-state index contributed by atoms with van der Waals surface area (Å²) in [6, 6.07) is 4.17. The summed E-state index contributed by atoms with van der Waals surface area (Å²) in [4.78, 5) is 7.16. The van der Waals surface area contributed by atoms with E-state index in [1.54, 1.807) is 0 Å². The second-order valence-electron chi connectivity index (χ2n) is 5.96. The quantitative estimate of drug-likeness (QED) is 0.929. The van der Waals surface area contributed by atoms with Gasteiger partial charge in [0.15, 0.2) is 0 Å². The Morgan fingerprint density at radius 3 is 3.10 bits per heavy atom. The number of aliphatic hydroxyl groups is 1.